The summed E-state index contributed by atoms with van der Waals surface area (Å²) in [6.45, 7) is 1.95. The lowest BCUT2D eigenvalue weighted by atomic mass is 10.1. The van der Waals surface area contributed by atoms with Crippen LogP contribution in [0.1, 0.15) is 29.3 Å². The maximum absolute atomic E-state index is 11.3. The molecule has 26 heavy (non-hydrogen) atoms. The number of benzene rings is 2. The lowest BCUT2D eigenvalue weighted by Gasteiger charge is -2.12. The first-order chi connectivity index (χ1) is 12.6. The number of imidazole rings is 1. The molecule has 2 heterocycles. The average Bonchev–Trinajstić information content (AvgIpc) is 3.19. The second-order valence-electron chi connectivity index (χ2n) is 6.01. The number of rotatable bonds is 5. The molecule has 0 spiro atoms. The van der Waals surface area contributed by atoms with Crippen LogP contribution in [0.2, 0.25) is 0 Å². The van der Waals surface area contributed by atoms with Crippen molar-refractivity contribution in [3.63, 3.8) is 0 Å². The van der Waals surface area contributed by atoms with Gasteiger partial charge in [-0.1, -0.05) is 35.6 Å². The predicted octanol–water partition coefficient (Wildman–Crippen LogP) is 3.75. The van der Waals surface area contributed by atoms with Crippen LogP contribution in [0.25, 0.3) is 11.0 Å². The topological polar surface area (TPSA) is 91.0 Å². The van der Waals surface area contributed by atoms with Crippen molar-refractivity contribution in [2.24, 2.45) is 0 Å². The summed E-state index contributed by atoms with van der Waals surface area (Å²) in [4.78, 5) is 21.8. The first-order valence-corrected chi connectivity index (χ1v) is 9.01. The maximum Gasteiger partial charge on any atom is 0.307 e. The third-order valence-electron chi connectivity index (χ3n) is 4.09. The van der Waals surface area contributed by atoms with Gasteiger partial charge in [-0.3, -0.25) is 9.78 Å². The Hall–Kier alpha value is -3.06. The summed E-state index contributed by atoms with van der Waals surface area (Å²) in [5, 5.41) is 9.67. The molecule has 132 valence electrons. The highest BCUT2D eigenvalue weighted by atomic mass is 32.1. The van der Waals surface area contributed by atoms with Gasteiger partial charge >= 0.3 is 4.87 Å². The van der Waals surface area contributed by atoms with Gasteiger partial charge in [-0.2, -0.15) is 0 Å². The number of nitrogens with one attached hydrogen (secondary N) is 2. The van der Waals surface area contributed by atoms with E-state index < -0.39 is 0 Å². The Morgan fingerprint density at radius 2 is 1.92 bits per heavy atom. The molecule has 0 saturated carbocycles. The van der Waals surface area contributed by atoms with Gasteiger partial charge in [0, 0.05) is 6.42 Å². The minimum Gasteiger partial charge on any atom is -0.494 e. The number of thiazole rings is 1. The van der Waals surface area contributed by atoms with Crippen molar-refractivity contribution >= 4 is 22.4 Å². The van der Waals surface area contributed by atoms with Gasteiger partial charge in [0.05, 0.1) is 15.9 Å². The van der Waals surface area contributed by atoms with Crippen LogP contribution < -0.4 is 9.61 Å². The highest BCUT2D eigenvalue weighted by Crippen LogP contribution is 2.25. The third-order valence-corrected chi connectivity index (χ3v) is 4.97. The Morgan fingerprint density at radius 1 is 1.15 bits per heavy atom. The summed E-state index contributed by atoms with van der Waals surface area (Å²) in [5.74, 6) is 1.45. The molecule has 6 nitrogen and oxygen atoms in total. The quantitative estimate of drug-likeness (QED) is 0.501. The predicted molar refractivity (Wildman–Crippen MR) is 101 cm³/mol. The van der Waals surface area contributed by atoms with E-state index in [4.69, 9.17) is 4.74 Å². The fourth-order valence-corrected chi connectivity index (χ4v) is 3.53. The lowest BCUT2D eigenvalue weighted by molar-refractivity contribution is 0.218. The van der Waals surface area contributed by atoms with Crippen molar-refractivity contribution in [2.45, 2.75) is 19.4 Å². The Bertz CT molecular complexity index is 1060. The van der Waals surface area contributed by atoms with E-state index in [-0.39, 0.29) is 16.9 Å². The number of aromatic hydroxyl groups is 1. The molecule has 2 aromatic heterocycles. The van der Waals surface area contributed by atoms with Crippen molar-refractivity contribution in [1.29, 1.82) is 0 Å². The van der Waals surface area contributed by atoms with Gasteiger partial charge in [-0.05, 0) is 36.8 Å². The summed E-state index contributed by atoms with van der Waals surface area (Å²) in [7, 11) is 0. The zero-order valence-corrected chi connectivity index (χ0v) is 14.8. The molecule has 0 amide bonds. The number of aromatic amines is 2. The summed E-state index contributed by atoms with van der Waals surface area (Å²) < 4.78 is 5.97. The molecule has 3 N–H and O–H groups in total. The summed E-state index contributed by atoms with van der Waals surface area (Å²) in [6, 6.07) is 15.5. The fraction of sp³-hybridized carbons (Fsp3) is 0.158. The van der Waals surface area contributed by atoms with Gasteiger partial charge in [0.15, 0.2) is 6.10 Å². The van der Waals surface area contributed by atoms with Gasteiger partial charge in [0.25, 0.3) is 0 Å². The maximum atomic E-state index is 11.3. The molecule has 4 rings (SSSR count). The van der Waals surface area contributed by atoms with Crippen LogP contribution in [0.3, 0.4) is 0 Å². The van der Waals surface area contributed by atoms with Crippen molar-refractivity contribution in [2.75, 3.05) is 0 Å². The lowest BCUT2D eigenvalue weighted by Crippen LogP contribution is -2.05. The van der Waals surface area contributed by atoms with E-state index in [2.05, 4.69) is 15.0 Å². The number of fused-ring (bicyclic) bond motifs is 1. The molecule has 0 bridgehead atoms. The number of ether oxygens (including phenoxy) is 1. The summed E-state index contributed by atoms with van der Waals surface area (Å²) in [5.41, 5.74) is 2.89. The second-order valence-corrected chi connectivity index (χ2v) is 7.07. The second kappa shape index (κ2) is 6.68. The molecule has 4 aromatic rings. The van der Waals surface area contributed by atoms with Crippen LogP contribution in [0.5, 0.6) is 11.6 Å². The van der Waals surface area contributed by atoms with E-state index in [1.54, 1.807) is 0 Å². The molecule has 0 radical (unpaired) electrons. The zero-order chi connectivity index (χ0) is 18.1. The monoisotopic (exact) mass is 367 g/mol. The van der Waals surface area contributed by atoms with Gasteiger partial charge in [0.2, 0.25) is 5.88 Å². The Balaban J connectivity index is 1.46. The van der Waals surface area contributed by atoms with E-state index in [9.17, 15) is 9.90 Å². The van der Waals surface area contributed by atoms with Crippen LogP contribution in [-0.2, 0) is 6.42 Å². The van der Waals surface area contributed by atoms with Crippen LogP contribution in [0, 0.1) is 0 Å². The molecule has 2 aromatic carbocycles. The van der Waals surface area contributed by atoms with Crippen molar-refractivity contribution < 1.29 is 9.84 Å². The fourth-order valence-electron chi connectivity index (χ4n) is 2.77. The number of hydrogen-bond donors (Lipinski definition) is 3. The Kier molecular flexibility index (Phi) is 4.22. The van der Waals surface area contributed by atoms with Gasteiger partial charge in [-0.25, -0.2) is 4.98 Å². The molecule has 0 fully saturated rings. The normalized spacial score (nSPS) is 12.3. The highest BCUT2D eigenvalue weighted by molar-refractivity contribution is 7.09. The van der Waals surface area contributed by atoms with Crippen LogP contribution in [0.4, 0.5) is 0 Å². The first-order valence-electron chi connectivity index (χ1n) is 8.19. The zero-order valence-electron chi connectivity index (χ0n) is 14.0. The molecule has 1 unspecified atom stereocenters. The number of nitrogens with zero attached hydrogens (tertiary/aromatic N) is 1. The smallest absolute Gasteiger partial charge is 0.307 e. The molecule has 0 aliphatic heterocycles. The number of H-pyrrole nitrogens is 2. The van der Waals surface area contributed by atoms with E-state index in [1.165, 1.54) is 0 Å². The molecule has 0 aliphatic rings. The first kappa shape index (κ1) is 16.4. The van der Waals surface area contributed by atoms with Gasteiger partial charge in [-0.15, -0.1) is 0 Å². The molecular formula is C19H17N3O3S. The largest absolute Gasteiger partial charge is 0.494 e. The van der Waals surface area contributed by atoms with E-state index in [0.717, 1.165) is 39.5 Å². The standard InChI is InChI=1S/C19H17N3O3S/c1-11(17-20-14-4-2-3-5-15(14)21-17)25-13-8-6-12(7-9-13)10-16-18(23)22-19(24)26-16/h2-9,11,23H,10H2,1H3,(H,20,21)(H,22,24). The number of hydrogen-bond acceptors (Lipinski definition) is 5. The van der Waals surface area contributed by atoms with Gasteiger partial charge in [0.1, 0.15) is 11.6 Å². The van der Waals surface area contributed by atoms with Crippen LogP contribution in [-0.4, -0.2) is 20.1 Å². The van der Waals surface area contributed by atoms with Crippen molar-refractivity contribution in [3.8, 4) is 11.6 Å². The van der Waals surface area contributed by atoms with E-state index in [0.29, 0.717) is 11.3 Å². The Labute approximate surface area is 153 Å². The van der Waals surface area contributed by atoms with Crippen molar-refractivity contribution in [3.05, 3.63) is 74.5 Å². The third kappa shape index (κ3) is 3.34. The molecule has 0 aliphatic carbocycles. The van der Waals surface area contributed by atoms with E-state index >= 15 is 0 Å². The van der Waals surface area contributed by atoms with E-state index in [1.807, 2.05) is 55.5 Å². The van der Waals surface area contributed by atoms with Gasteiger partial charge < -0.3 is 14.8 Å². The molecular weight excluding hydrogens is 350 g/mol. The SMILES string of the molecule is CC(Oc1ccc(Cc2sc(=O)[nH]c2O)cc1)c1nc2ccccc2[nH]1. The van der Waals surface area contributed by atoms with Crippen LogP contribution >= 0.6 is 11.3 Å². The molecule has 1 atom stereocenters. The molecule has 0 saturated heterocycles. The molecule has 7 heteroatoms. The van der Waals surface area contributed by atoms with Crippen molar-refractivity contribution in [1.82, 2.24) is 15.0 Å². The average molecular weight is 367 g/mol. The highest BCUT2D eigenvalue weighted by Gasteiger charge is 2.13. The number of aromatic nitrogens is 3. The minimum atomic E-state index is -0.253. The minimum absolute atomic E-state index is 0.0566. The summed E-state index contributed by atoms with van der Waals surface area (Å²) >= 11 is 1.02. The number of para-hydroxylation sites is 2. The Morgan fingerprint density at radius 3 is 2.62 bits per heavy atom. The van der Waals surface area contributed by atoms with Crippen LogP contribution in [0.15, 0.2) is 53.3 Å². The summed E-state index contributed by atoms with van der Waals surface area (Å²) in [6.07, 6.45) is 0.279.